The molecule has 0 aromatic heterocycles. The van der Waals surface area contributed by atoms with Crippen LogP contribution in [0.25, 0.3) is 0 Å². The zero-order valence-corrected chi connectivity index (χ0v) is 13.6. The molecule has 6 heteroatoms. The van der Waals surface area contributed by atoms with Gasteiger partial charge in [-0.15, -0.1) is 0 Å². The molecule has 0 heterocycles. The molecule has 0 fully saturated rings. The van der Waals surface area contributed by atoms with Crippen molar-refractivity contribution in [1.29, 1.82) is 0 Å². The number of allylic oxidation sites excluding steroid dienone is 1. The molecule has 0 saturated heterocycles. The van der Waals surface area contributed by atoms with Gasteiger partial charge in [-0.2, -0.15) is 0 Å². The Morgan fingerprint density at radius 1 is 0.958 bits per heavy atom. The first kappa shape index (κ1) is 17.7. The summed E-state index contributed by atoms with van der Waals surface area (Å²) in [5, 5.41) is 0. The average molecular weight is 332 g/mol. The lowest BCUT2D eigenvalue weighted by Gasteiger charge is -2.26. The number of hydrogen-bond acceptors (Lipinski definition) is 6. The van der Waals surface area contributed by atoms with E-state index < -0.39 is 23.8 Å². The predicted octanol–water partition coefficient (Wildman–Crippen LogP) is 2.14. The van der Waals surface area contributed by atoms with Crippen LogP contribution >= 0.6 is 0 Å². The van der Waals surface area contributed by atoms with E-state index in [2.05, 4.69) is 9.47 Å². The molecule has 1 aliphatic rings. The number of methoxy groups -OCH3 is 2. The Bertz CT molecular complexity index is 606. The fourth-order valence-electron chi connectivity index (χ4n) is 2.67. The summed E-state index contributed by atoms with van der Waals surface area (Å²) in [5.74, 6) is -2.99. The van der Waals surface area contributed by atoms with E-state index in [1.807, 2.05) is 6.07 Å². The van der Waals surface area contributed by atoms with Gasteiger partial charge in [0.1, 0.15) is 6.10 Å². The second-order valence-electron chi connectivity index (χ2n) is 5.46. The first-order valence-electron chi connectivity index (χ1n) is 7.66. The van der Waals surface area contributed by atoms with Gasteiger partial charge in [0.15, 0.2) is 5.92 Å². The molecule has 128 valence electrons. The Morgan fingerprint density at radius 3 is 2.08 bits per heavy atom. The van der Waals surface area contributed by atoms with Gasteiger partial charge >= 0.3 is 17.9 Å². The molecule has 1 aromatic carbocycles. The Hall–Kier alpha value is -2.63. The number of carbonyl (C=O) groups excluding carboxylic acids is 3. The molecular formula is C18H20O6. The predicted molar refractivity (Wildman–Crippen MR) is 85.0 cm³/mol. The summed E-state index contributed by atoms with van der Waals surface area (Å²) in [4.78, 5) is 35.7. The second-order valence-corrected chi connectivity index (χ2v) is 5.46. The summed E-state index contributed by atoms with van der Waals surface area (Å²) < 4.78 is 14.8. The normalized spacial score (nSPS) is 19.6. The molecule has 0 radical (unpaired) electrons. The molecule has 1 aliphatic carbocycles. The lowest BCUT2D eigenvalue weighted by molar-refractivity contribution is -0.161. The SMILES string of the molecule is COC(=O)C(C(=O)OC)[C@H]1C=C[C@@H](OC(=O)c2ccccc2)CC1. The van der Waals surface area contributed by atoms with E-state index in [9.17, 15) is 14.4 Å². The third-order valence-electron chi connectivity index (χ3n) is 3.96. The zero-order valence-electron chi connectivity index (χ0n) is 13.6. The largest absolute Gasteiger partial charge is 0.468 e. The van der Waals surface area contributed by atoms with Gasteiger partial charge < -0.3 is 14.2 Å². The Morgan fingerprint density at radius 2 is 1.58 bits per heavy atom. The summed E-state index contributed by atoms with van der Waals surface area (Å²) in [7, 11) is 2.46. The third-order valence-corrected chi connectivity index (χ3v) is 3.96. The number of esters is 3. The average Bonchev–Trinajstić information content (AvgIpc) is 2.63. The van der Waals surface area contributed by atoms with E-state index in [1.165, 1.54) is 14.2 Å². The van der Waals surface area contributed by atoms with Gasteiger partial charge in [-0.1, -0.05) is 24.3 Å². The lowest BCUT2D eigenvalue weighted by Crippen LogP contribution is -2.35. The first-order valence-corrected chi connectivity index (χ1v) is 7.66. The molecule has 24 heavy (non-hydrogen) atoms. The molecular weight excluding hydrogens is 312 g/mol. The highest BCUT2D eigenvalue weighted by Gasteiger charge is 2.37. The number of benzene rings is 1. The molecule has 0 bridgehead atoms. The van der Waals surface area contributed by atoms with Gasteiger partial charge in [-0.25, -0.2) is 4.79 Å². The van der Waals surface area contributed by atoms with Crippen molar-refractivity contribution in [2.24, 2.45) is 11.8 Å². The van der Waals surface area contributed by atoms with Crippen molar-refractivity contribution in [3.63, 3.8) is 0 Å². The van der Waals surface area contributed by atoms with Crippen LogP contribution in [0.1, 0.15) is 23.2 Å². The Labute approximate surface area is 140 Å². The maximum Gasteiger partial charge on any atom is 0.338 e. The van der Waals surface area contributed by atoms with Crippen LogP contribution < -0.4 is 0 Å². The molecule has 1 aromatic rings. The van der Waals surface area contributed by atoms with Gasteiger partial charge in [0.2, 0.25) is 0 Å². The number of rotatable bonds is 5. The first-order chi connectivity index (χ1) is 11.6. The molecule has 0 aliphatic heterocycles. The highest BCUT2D eigenvalue weighted by Crippen LogP contribution is 2.28. The van der Waals surface area contributed by atoms with Crippen LogP contribution in [0.5, 0.6) is 0 Å². The maximum atomic E-state index is 12.0. The minimum Gasteiger partial charge on any atom is -0.468 e. The van der Waals surface area contributed by atoms with Crippen LogP contribution in [0.15, 0.2) is 42.5 Å². The van der Waals surface area contributed by atoms with Crippen LogP contribution in [0.2, 0.25) is 0 Å². The van der Waals surface area contributed by atoms with E-state index in [0.717, 1.165) is 0 Å². The van der Waals surface area contributed by atoms with Crippen LogP contribution in [-0.4, -0.2) is 38.2 Å². The zero-order chi connectivity index (χ0) is 17.5. The molecule has 0 amide bonds. The van der Waals surface area contributed by atoms with Crippen molar-refractivity contribution in [3.05, 3.63) is 48.0 Å². The second kappa shape index (κ2) is 8.29. The molecule has 0 unspecified atom stereocenters. The molecule has 2 atom stereocenters. The fraction of sp³-hybridized carbons (Fsp3) is 0.389. The number of ether oxygens (including phenoxy) is 3. The van der Waals surface area contributed by atoms with Crippen molar-refractivity contribution < 1.29 is 28.6 Å². The van der Waals surface area contributed by atoms with Gasteiger partial charge in [0.25, 0.3) is 0 Å². The molecule has 6 nitrogen and oxygen atoms in total. The number of carbonyl (C=O) groups is 3. The fourth-order valence-corrected chi connectivity index (χ4v) is 2.67. The van der Waals surface area contributed by atoms with Gasteiger partial charge in [-0.05, 0) is 31.1 Å². The van der Waals surface area contributed by atoms with E-state index in [1.54, 1.807) is 36.4 Å². The van der Waals surface area contributed by atoms with Crippen molar-refractivity contribution in [2.45, 2.75) is 18.9 Å². The highest BCUT2D eigenvalue weighted by atomic mass is 16.5. The van der Waals surface area contributed by atoms with Gasteiger partial charge in [-0.3, -0.25) is 9.59 Å². The molecule has 0 spiro atoms. The Kier molecular flexibility index (Phi) is 6.12. The molecule has 2 rings (SSSR count). The summed E-state index contributed by atoms with van der Waals surface area (Å²) in [6, 6.07) is 8.72. The standard InChI is InChI=1S/C18H20O6/c1-22-17(20)15(18(21)23-2)12-8-10-14(11-9-12)24-16(19)13-6-4-3-5-7-13/h3-8,10,12,14-15H,9,11H2,1-2H3/t12-,14+/m0/s1. The summed E-state index contributed by atoms with van der Waals surface area (Å²) in [6.45, 7) is 0. The summed E-state index contributed by atoms with van der Waals surface area (Å²) in [6.07, 6.45) is 4.06. The van der Waals surface area contributed by atoms with Crippen molar-refractivity contribution >= 4 is 17.9 Å². The van der Waals surface area contributed by atoms with E-state index in [-0.39, 0.29) is 12.0 Å². The van der Waals surface area contributed by atoms with Crippen LogP contribution in [0.4, 0.5) is 0 Å². The number of hydrogen-bond donors (Lipinski definition) is 0. The van der Waals surface area contributed by atoms with Crippen LogP contribution in [0.3, 0.4) is 0 Å². The molecule has 0 saturated carbocycles. The summed E-state index contributed by atoms with van der Waals surface area (Å²) in [5.41, 5.74) is 0.482. The Balaban J connectivity index is 2.01. The minimum atomic E-state index is -0.998. The summed E-state index contributed by atoms with van der Waals surface area (Å²) >= 11 is 0. The van der Waals surface area contributed by atoms with Crippen LogP contribution in [0, 0.1) is 11.8 Å². The topological polar surface area (TPSA) is 78.9 Å². The van der Waals surface area contributed by atoms with Crippen molar-refractivity contribution in [1.82, 2.24) is 0 Å². The van der Waals surface area contributed by atoms with Crippen LogP contribution in [-0.2, 0) is 23.8 Å². The third kappa shape index (κ3) is 4.22. The minimum absolute atomic E-state index is 0.337. The van der Waals surface area contributed by atoms with Gasteiger partial charge in [0.05, 0.1) is 19.8 Å². The van der Waals surface area contributed by atoms with E-state index in [4.69, 9.17) is 4.74 Å². The quantitative estimate of drug-likeness (QED) is 0.356. The van der Waals surface area contributed by atoms with Crippen molar-refractivity contribution in [3.8, 4) is 0 Å². The monoisotopic (exact) mass is 332 g/mol. The van der Waals surface area contributed by atoms with Crippen molar-refractivity contribution in [2.75, 3.05) is 14.2 Å². The highest BCUT2D eigenvalue weighted by molar-refractivity contribution is 5.95. The lowest BCUT2D eigenvalue weighted by atomic mass is 9.83. The smallest absolute Gasteiger partial charge is 0.338 e. The maximum absolute atomic E-state index is 12.0. The van der Waals surface area contributed by atoms with Gasteiger partial charge in [0, 0.05) is 5.92 Å². The van der Waals surface area contributed by atoms with E-state index >= 15 is 0 Å². The molecule has 0 N–H and O–H groups in total. The van der Waals surface area contributed by atoms with E-state index in [0.29, 0.717) is 18.4 Å².